The number of ether oxygens (including phenoxy) is 2. The first-order chi connectivity index (χ1) is 14.1. The number of amides is 1. The number of rotatable bonds is 7. The van der Waals surface area contributed by atoms with E-state index in [4.69, 9.17) is 9.47 Å². The van der Waals surface area contributed by atoms with Crippen LogP contribution >= 0.6 is 11.7 Å². The Morgan fingerprint density at radius 2 is 1.84 bits per heavy atom. The summed E-state index contributed by atoms with van der Waals surface area (Å²) in [6.45, 7) is 10.6. The Hall–Kier alpha value is -1.84. The fraction of sp³-hybridized carbons (Fsp3) is 0.762. The van der Waals surface area contributed by atoms with E-state index in [1.807, 2.05) is 40.7 Å². The molecule has 6 nitrogen and oxygen atoms in total. The van der Waals surface area contributed by atoms with Gasteiger partial charge < -0.3 is 14.4 Å². The monoisotopic (exact) mass is 467 g/mol. The van der Waals surface area contributed by atoms with Crippen LogP contribution in [0.5, 0.6) is 5.88 Å². The largest absolute Gasteiger partial charge is 0.475 e. The molecule has 0 aliphatic carbocycles. The number of hydrogen-bond donors (Lipinski definition) is 0. The molecule has 2 heterocycles. The molecule has 0 atom stereocenters. The lowest BCUT2D eigenvalue weighted by molar-refractivity contribution is -0.135. The van der Waals surface area contributed by atoms with Crippen LogP contribution in [0.1, 0.15) is 79.8 Å². The second kappa shape index (κ2) is 13.5. The Balaban J connectivity index is 0.00000291. The van der Waals surface area contributed by atoms with Crippen molar-refractivity contribution in [1.29, 1.82) is 0 Å². The van der Waals surface area contributed by atoms with Crippen molar-refractivity contribution < 1.29 is 27.4 Å². The van der Waals surface area contributed by atoms with Crippen LogP contribution in [0.3, 0.4) is 0 Å². The average Bonchev–Trinajstić information content (AvgIpc) is 3.12. The molecule has 180 valence electrons. The van der Waals surface area contributed by atoms with Gasteiger partial charge in [0.1, 0.15) is 11.3 Å². The van der Waals surface area contributed by atoms with Gasteiger partial charge in [-0.15, -0.1) is 4.37 Å². The Morgan fingerprint density at radius 3 is 2.45 bits per heavy atom. The number of alkyl halides is 3. The number of hydrogen-bond acceptors (Lipinski definition) is 6. The highest BCUT2D eigenvalue weighted by atomic mass is 32.1. The lowest BCUT2D eigenvalue weighted by Crippen LogP contribution is -2.39. The lowest BCUT2D eigenvalue weighted by Gasteiger charge is -2.29. The third-order valence-corrected chi connectivity index (χ3v) is 4.42. The maximum absolute atomic E-state index is 12.3. The van der Waals surface area contributed by atoms with Crippen molar-refractivity contribution in [2.75, 3.05) is 19.7 Å². The maximum atomic E-state index is 12.3. The fourth-order valence-electron chi connectivity index (χ4n) is 2.64. The third-order valence-electron chi connectivity index (χ3n) is 3.91. The average molecular weight is 468 g/mol. The normalized spacial score (nSPS) is 14.1. The highest BCUT2D eigenvalue weighted by Gasteiger charge is 2.27. The quantitative estimate of drug-likeness (QED) is 0.416. The van der Waals surface area contributed by atoms with Crippen LogP contribution in [0.4, 0.5) is 18.0 Å². The molecule has 0 spiro atoms. The van der Waals surface area contributed by atoms with Crippen LogP contribution in [-0.4, -0.2) is 51.2 Å². The van der Waals surface area contributed by atoms with Gasteiger partial charge in [-0.3, -0.25) is 0 Å². The van der Waals surface area contributed by atoms with E-state index >= 15 is 0 Å². The van der Waals surface area contributed by atoms with E-state index in [1.54, 1.807) is 4.90 Å². The number of nitrogens with zero attached hydrogens (tertiary/aromatic N) is 3. The summed E-state index contributed by atoms with van der Waals surface area (Å²) in [5, 5.41) is 0. The summed E-state index contributed by atoms with van der Waals surface area (Å²) in [6.07, 6.45) is -1.57. The minimum absolute atomic E-state index is 0. The van der Waals surface area contributed by atoms with Gasteiger partial charge in [0.15, 0.2) is 0 Å². The molecule has 1 aromatic rings. The summed E-state index contributed by atoms with van der Waals surface area (Å²) in [6, 6.07) is 0. The molecule has 0 aromatic carbocycles. The minimum Gasteiger partial charge on any atom is -0.475 e. The second-order valence-electron chi connectivity index (χ2n) is 7.61. The molecule has 0 saturated carbocycles. The zero-order valence-electron chi connectivity index (χ0n) is 18.3. The van der Waals surface area contributed by atoms with E-state index in [9.17, 15) is 18.0 Å². The van der Waals surface area contributed by atoms with Gasteiger partial charge in [0.05, 0.1) is 24.9 Å². The first-order valence-electron chi connectivity index (χ1n) is 10.2. The van der Waals surface area contributed by atoms with E-state index in [0.29, 0.717) is 43.9 Å². The van der Waals surface area contributed by atoms with Crippen LogP contribution in [-0.2, 0) is 4.74 Å². The number of aromatic nitrogens is 2. The van der Waals surface area contributed by atoms with Crippen LogP contribution in [0.15, 0.2) is 6.08 Å². The van der Waals surface area contributed by atoms with Crippen LogP contribution < -0.4 is 4.74 Å². The molecule has 0 bridgehead atoms. The van der Waals surface area contributed by atoms with E-state index < -0.39 is 18.2 Å². The molecule has 0 unspecified atom stereocenters. The van der Waals surface area contributed by atoms with Gasteiger partial charge in [0.2, 0.25) is 0 Å². The zero-order chi connectivity index (χ0) is 22.8. The molecule has 1 aliphatic heterocycles. The predicted molar refractivity (Wildman–Crippen MR) is 118 cm³/mol. The molecule has 10 heteroatoms. The molecular formula is C21H36F3N3O3S. The molecule has 0 saturated heterocycles. The number of unbranched alkanes of at least 4 members (excludes halogenated alkanes) is 2. The molecule has 2 rings (SSSR count). The van der Waals surface area contributed by atoms with Crippen molar-refractivity contribution in [2.45, 2.75) is 85.9 Å². The van der Waals surface area contributed by atoms with Crippen molar-refractivity contribution in [3.63, 3.8) is 0 Å². The van der Waals surface area contributed by atoms with Gasteiger partial charge in [-0.05, 0) is 46.5 Å². The Morgan fingerprint density at radius 1 is 1.16 bits per heavy atom. The standard InChI is InChI=1S/C18H26F3N3O3S.C2H6.CH4/c1-17(2,3)27-16(25)24-10-7-8-13(12-24)14-15(23-28-22-14)26-11-6-4-5-9-18(19,20)21;1-2;/h8H,4-7,9-12H2,1-3H3;1-2H3;1H4. The second-order valence-corrected chi connectivity index (χ2v) is 8.14. The van der Waals surface area contributed by atoms with E-state index in [1.165, 1.54) is 0 Å². The molecule has 31 heavy (non-hydrogen) atoms. The first kappa shape index (κ1) is 29.2. The molecule has 1 aromatic heterocycles. The van der Waals surface area contributed by atoms with Gasteiger partial charge in [0.25, 0.3) is 5.88 Å². The Kier molecular flexibility index (Phi) is 12.7. The summed E-state index contributed by atoms with van der Waals surface area (Å²) in [5.41, 5.74) is 0.840. The fourth-order valence-corrected chi connectivity index (χ4v) is 3.17. The van der Waals surface area contributed by atoms with Crippen molar-refractivity contribution in [3.8, 4) is 5.88 Å². The number of carbonyl (C=O) groups excluding carboxylic acids is 1. The topological polar surface area (TPSA) is 64.5 Å². The predicted octanol–water partition coefficient (Wildman–Crippen LogP) is 6.73. The summed E-state index contributed by atoms with van der Waals surface area (Å²) in [7, 11) is 0. The van der Waals surface area contributed by atoms with Crippen LogP contribution in [0.2, 0.25) is 0 Å². The summed E-state index contributed by atoms with van der Waals surface area (Å²) >= 11 is 1.00. The van der Waals surface area contributed by atoms with Gasteiger partial charge in [-0.25, -0.2) is 4.79 Å². The van der Waals surface area contributed by atoms with Crippen molar-refractivity contribution in [1.82, 2.24) is 13.6 Å². The van der Waals surface area contributed by atoms with Gasteiger partial charge in [-0.1, -0.05) is 27.4 Å². The van der Waals surface area contributed by atoms with Crippen molar-refractivity contribution >= 4 is 23.4 Å². The highest BCUT2D eigenvalue weighted by molar-refractivity contribution is 6.99. The maximum Gasteiger partial charge on any atom is 0.410 e. The molecule has 1 amide bonds. The lowest BCUT2D eigenvalue weighted by atomic mass is 10.1. The highest BCUT2D eigenvalue weighted by Crippen LogP contribution is 2.28. The third kappa shape index (κ3) is 11.4. The Labute approximate surface area is 188 Å². The molecule has 1 aliphatic rings. The van der Waals surface area contributed by atoms with E-state index in [2.05, 4.69) is 8.75 Å². The smallest absolute Gasteiger partial charge is 0.410 e. The number of carbonyl (C=O) groups is 1. The molecule has 0 radical (unpaired) electrons. The summed E-state index contributed by atoms with van der Waals surface area (Å²) < 4.78 is 55.8. The van der Waals surface area contributed by atoms with Gasteiger partial charge >= 0.3 is 12.3 Å². The van der Waals surface area contributed by atoms with Gasteiger partial charge in [-0.2, -0.15) is 17.5 Å². The van der Waals surface area contributed by atoms with E-state index in [-0.39, 0.29) is 26.5 Å². The minimum atomic E-state index is -4.11. The molecular weight excluding hydrogens is 431 g/mol. The van der Waals surface area contributed by atoms with E-state index in [0.717, 1.165) is 17.3 Å². The van der Waals surface area contributed by atoms with Crippen LogP contribution in [0, 0.1) is 0 Å². The summed E-state index contributed by atoms with van der Waals surface area (Å²) in [5.74, 6) is 0.359. The molecule has 0 fully saturated rings. The Bertz CT molecular complexity index is 685. The first-order valence-corrected chi connectivity index (χ1v) is 11.0. The van der Waals surface area contributed by atoms with Gasteiger partial charge in [0, 0.05) is 18.5 Å². The SMILES string of the molecule is C.CC.CC(C)(C)OC(=O)N1CCC=C(c2nsnc2OCCCCCC(F)(F)F)C1. The van der Waals surface area contributed by atoms with Crippen LogP contribution in [0.25, 0.3) is 5.57 Å². The zero-order valence-corrected chi connectivity index (χ0v) is 19.2. The van der Waals surface area contributed by atoms with Crippen molar-refractivity contribution in [3.05, 3.63) is 11.8 Å². The summed E-state index contributed by atoms with van der Waals surface area (Å²) in [4.78, 5) is 13.9. The number of halogens is 3. The van der Waals surface area contributed by atoms with Crippen molar-refractivity contribution in [2.24, 2.45) is 0 Å². The molecule has 0 N–H and O–H groups in total.